The van der Waals surface area contributed by atoms with Crippen molar-refractivity contribution in [1.29, 1.82) is 0 Å². The van der Waals surface area contributed by atoms with Crippen LogP contribution in [0.1, 0.15) is 0 Å². The van der Waals surface area contributed by atoms with Crippen molar-refractivity contribution < 1.29 is 57.0 Å². The van der Waals surface area contributed by atoms with E-state index < -0.39 is 77.2 Å². The molecule has 0 amide bonds. The van der Waals surface area contributed by atoms with Gasteiger partial charge in [-0.2, -0.15) is 33.7 Å². The number of fused-ring (bicyclic) bond motifs is 1. The van der Waals surface area contributed by atoms with Gasteiger partial charge >= 0.3 is 0 Å². The lowest BCUT2D eigenvalue weighted by Crippen LogP contribution is -2.02. The second-order valence-corrected chi connectivity index (χ2v) is 12.3. The van der Waals surface area contributed by atoms with Crippen LogP contribution in [0.2, 0.25) is 0 Å². The summed E-state index contributed by atoms with van der Waals surface area (Å²) in [4.78, 5) is -3.66. The standard InChI is InChI=1S/C16H12N2O13S4/c19-14-6-10(33(23,24)25)3-8-4-16(35(29,30)31)13(7-11(8)14)18-17-12-5-9(32(20,21)22)1-2-15(12)34(26,27)28/h1-7,19H,(H,20,21,22)(H,23,24,25)(H,26,27,28)(H,29,30,31). The van der Waals surface area contributed by atoms with Gasteiger partial charge in [-0.05, 0) is 41.8 Å². The third-order valence-corrected chi connectivity index (χ3v) is 7.80. The molecule has 0 atom stereocenters. The first-order chi connectivity index (χ1) is 15.8. The van der Waals surface area contributed by atoms with E-state index in [0.29, 0.717) is 30.3 Å². The maximum absolute atomic E-state index is 11.9. The van der Waals surface area contributed by atoms with Gasteiger partial charge in [-0.3, -0.25) is 18.2 Å². The number of nitrogens with zero attached hydrogens (tertiary/aromatic N) is 2. The predicted octanol–water partition coefficient (Wildman–Crippen LogP) is 1.95. The molecular weight excluding hydrogens is 556 g/mol. The van der Waals surface area contributed by atoms with Crippen LogP contribution in [0.3, 0.4) is 0 Å². The SMILES string of the molecule is O=S(=O)(O)c1ccc(S(=O)(=O)O)c(N=Nc2cc3c(O)cc(S(=O)(=O)O)cc3cc2S(=O)(=O)O)c1. The van der Waals surface area contributed by atoms with Crippen molar-refractivity contribution in [3.05, 3.63) is 42.5 Å². The van der Waals surface area contributed by atoms with Crippen molar-refractivity contribution in [2.75, 3.05) is 0 Å². The zero-order valence-electron chi connectivity index (χ0n) is 16.6. The quantitative estimate of drug-likeness (QED) is 0.210. The molecule has 0 unspecified atom stereocenters. The van der Waals surface area contributed by atoms with Crippen molar-refractivity contribution in [1.82, 2.24) is 0 Å². The van der Waals surface area contributed by atoms with E-state index in [4.69, 9.17) is 9.11 Å². The lowest BCUT2D eigenvalue weighted by Gasteiger charge is -2.09. The van der Waals surface area contributed by atoms with Gasteiger partial charge in [0.1, 0.15) is 26.9 Å². The molecule has 0 heterocycles. The number of hydrogen-bond donors (Lipinski definition) is 5. The van der Waals surface area contributed by atoms with Gasteiger partial charge in [0, 0.05) is 11.5 Å². The van der Waals surface area contributed by atoms with Crippen molar-refractivity contribution in [3.8, 4) is 5.75 Å². The van der Waals surface area contributed by atoms with Crippen LogP contribution >= 0.6 is 0 Å². The summed E-state index contributed by atoms with van der Waals surface area (Å²) in [5.74, 6) is -0.777. The molecule has 0 bridgehead atoms. The first-order valence-corrected chi connectivity index (χ1v) is 14.3. The normalized spacial score (nSPS) is 13.5. The Morgan fingerprint density at radius 2 is 1.06 bits per heavy atom. The molecule has 3 rings (SSSR count). The summed E-state index contributed by atoms with van der Waals surface area (Å²) in [5.41, 5.74) is -1.61. The Kier molecular flexibility index (Phi) is 6.50. The highest BCUT2D eigenvalue weighted by Crippen LogP contribution is 2.37. The summed E-state index contributed by atoms with van der Waals surface area (Å²) in [6, 6.07) is 4.54. The summed E-state index contributed by atoms with van der Waals surface area (Å²) in [6.45, 7) is 0. The summed E-state index contributed by atoms with van der Waals surface area (Å²) in [7, 11) is -19.8. The van der Waals surface area contributed by atoms with Gasteiger partial charge in [-0.1, -0.05) is 0 Å². The van der Waals surface area contributed by atoms with Crippen LogP contribution in [-0.2, 0) is 40.5 Å². The van der Waals surface area contributed by atoms with Gasteiger partial charge in [-0.15, -0.1) is 10.2 Å². The fourth-order valence-electron chi connectivity index (χ4n) is 2.83. The van der Waals surface area contributed by atoms with Crippen LogP contribution in [0.15, 0.2) is 72.3 Å². The van der Waals surface area contributed by atoms with Gasteiger partial charge in [-0.25, -0.2) is 0 Å². The molecule has 0 saturated heterocycles. The lowest BCUT2D eigenvalue weighted by atomic mass is 10.1. The molecule has 15 nitrogen and oxygen atoms in total. The number of hydrogen-bond acceptors (Lipinski definition) is 11. The third kappa shape index (κ3) is 5.79. The summed E-state index contributed by atoms with van der Waals surface area (Å²) in [5, 5.41) is 16.4. The second kappa shape index (κ2) is 8.57. The minimum Gasteiger partial charge on any atom is -0.507 e. The van der Waals surface area contributed by atoms with Crippen molar-refractivity contribution in [3.63, 3.8) is 0 Å². The smallest absolute Gasteiger partial charge is 0.296 e. The van der Waals surface area contributed by atoms with E-state index in [1.165, 1.54) is 0 Å². The predicted molar refractivity (Wildman–Crippen MR) is 115 cm³/mol. The number of aromatic hydroxyl groups is 1. The third-order valence-electron chi connectivity index (χ3n) is 4.33. The lowest BCUT2D eigenvalue weighted by molar-refractivity contribution is 0.470. The second-order valence-electron chi connectivity index (χ2n) is 6.71. The van der Waals surface area contributed by atoms with E-state index in [1.54, 1.807) is 0 Å². The van der Waals surface area contributed by atoms with Crippen LogP contribution in [0.4, 0.5) is 11.4 Å². The van der Waals surface area contributed by atoms with Gasteiger partial charge in [0.15, 0.2) is 0 Å². The first-order valence-electron chi connectivity index (χ1n) is 8.55. The molecule has 19 heteroatoms. The molecule has 5 N–H and O–H groups in total. The number of azo groups is 1. The van der Waals surface area contributed by atoms with E-state index >= 15 is 0 Å². The Bertz CT molecular complexity index is 1840. The average molecular weight is 569 g/mol. The molecule has 0 aliphatic rings. The van der Waals surface area contributed by atoms with Crippen molar-refractivity contribution >= 4 is 62.6 Å². The summed E-state index contributed by atoms with van der Waals surface area (Å²) < 4.78 is 130. The Morgan fingerprint density at radius 1 is 0.543 bits per heavy atom. The highest BCUT2D eigenvalue weighted by atomic mass is 32.2. The van der Waals surface area contributed by atoms with Gasteiger partial charge in [0.2, 0.25) is 0 Å². The number of phenolic OH excluding ortho intramolecular Hbond substituents is 1. The fraction of sp³-hybridized carbons (Fsp3) is 0. The molecule has 0 saturated carbocycles. The van der Waals surface area contributed by atoms with Crippen LogP contribution in [0.5, 0.6) is 5.75 Å². The van der Waals surface area contributed by atoms with E-state index in [0.717, 1.165) is 12.1 Å². The zero-order valence-corrected chi connectivity index (χ0v) is 19.8. The molecule has 3 aromatic carbocycles. The van der Waals surface area contributed by atoms with Crippen LogP contribution in [0.25, 0.3) is 10.8 Å². The van der Waals surface area contributed by atoms with E-state index in [9.17, 15) is 47.9 Å². The largest absolute Gasteiger partial charge is 0.507 e. The fourth-order valence-corrected chi connectivity index (χ4v) is 5.11. The first kappa shape index (κ1) is 26.6. The van der Waals surface area contributed by atoms with Crippen LogP contribution in [0, 0.1) is 0 Å². The van der Waals surface area contributed by atoms with E-state index in [-0.39, 0.29) is 10.8 Å². The molecule has 0 aromatic heterocycles. The molecule has 0 fully saturated rings. The Labute approximate surface area is 197 Å². The Balaban J connectivity index is 2.33. The molecule has 0 aliphatic carbocycles. The zero-order chi connectivity index (χ0) is 26.6. The summed E-state index contributed by atoms with van der Waals surface area (Å²) >= 11 is 0. The van der Waals surface area contributed by atoms with Crippen molar-refractivity contribution in [2.45, 2.75) is 19.6 Å². The van der Waals surface area contributed by atoms with Crippen molar-refractivity contribution in [2.24, 2.45) is 10.2 Å². The van der Waals surface area contributed by atoms with Gasteiger partial charge in [0.05, 0.1) is 9.79 Å². The molecule has 0 spiro atoms. The van der Waals surface area contributed by atoms with Gasteiger partial charge in [0.25, 0.3) is 40.5 Å². The van der Waals surface area contributed by atoms with Crippen LogP contribution in [-0.4, -0.2) is 57.0 Å². The maximum Gasteiger partial charge on any atom is 0.296 e. The minimum atomic E-state index is -5.11. The monoisotopic (exact) mass is 568 g/mol. The molecule has 35 heavy (non-hydrogen) atoms. The van der Waals surface area contributed by atoms with E-state index in [1.807, 2.05) is 0 Å². The topological polar surface area (TPSA) is 262 Å². The molecule has 188 valence electrons. The number of benzene rings is 3. The number of phenols is 1. The van der Waals surface area contributed by atoms with E-state index in [2.05, 4.69) is 10.2 Å². The number of rotatable bonds is 6. The molecule has 3 aromatic rings. The average Bonchev–Trinajstić information content (AvgIpc) is 2.68. The Hall–Kier alpha value is -3.04. The highest BCUT2D eigenvalue weighted by Gasteiger charge is 2.22. The van der Waals surface area contributed by atoms with Crippen LogP contribution < -0.4 is 0 Å². The highest BCUT2D eigenvalue weighted by molar-refractivity contribution is 7.86. The summed E-state index contributed by atoms with van der Waals surface area (Å²) in [6.07, 6.45) is 0. The maximum atomic E-state index is 11.9. The minimum absolute atomic E-state index is 0.250. The molecule has 0 aliphatic heterocycles. The van der Waals surface area contributed by atoms with Gasteiger partial charge < -0.3 is 5.11 Å². The Morgan fingerprint density at radius 3 is 1.54 bits per heavy atom. The molecular formula is C16H12N2O13S4. The molecule has 0 radical (unpaired) electrons.